The van der Waals surface area contributed by atoms with Gasteiger partial charge in [-0.1, -0.05) is 17.7 Å². The fourth-order valence-corrected chi connectivity index (χ4v) is 2.20. The van der Waals surface area contributed by atoms with Gasteiger partial charge in [-0.15, -0.1) is 0 Å². The van der Waals surface area contributed by atoms with E-state index in [4.69, 9.17) is 22.1 Å². The first-order chi connectivity index (χ1) is 9.58. The van der Waals surface area contributed by atoms with Crippen LogP contribution >= 0.6 is 11.6 Å². The highest BCUT2D eigenvalue weighted by Crippen LogP contribution is 2.17. The molecule has 0 aliphatic rings. The predicted octanol–water partition coefficient (Wildman–Crippen LogP) is 3.00. The van der Waals surface area contributed by atoms with Gasteiger partial charge in [-0.05, 0) is 42.2 Å². The molecule has 1 aromatic heterocycles. The van der Waals surface area contributed by atoms with Crippen LogP contribution in [0.5, 0.6) is 5.88 Å². The molecule has 0 fully saturated rings. The highest BCUT2D eigenvalue weighted by molar-refractivity contribution is 6.30. The SMILES string of the molecule is COc1ccc(CC(N)Cc2cc(Cl)ccc2F)cn1. The number of nitrogens with two attached hydrogens (primary N) is 1. The fraction of sp³-hybridized carbons (Fsp3) is 0.267. The van der Waals surface area contributed by atoms with Crippen molar-refractivity contribution in [2.45, 2.75) is 18.9 Å². The van der Waals surface area contributed by atoms with Gasteiger partial charge in [0, 0.05) is 23.3 Å². The van der Waals surface area contributed by atoms with Crippen molar-refractivity contribution in [3.8, 4) is 5.88 Å². The number of ether oxygens (including phenoxy) is 1. The van der Waals surface area contributed by atoms with E-state index in [1.54, 1.807) is 25.4 Å². The molecule has 1 aromatic carbocycles. The van der Waals surface area contributed by atoms with Gasteiger partial charge in [0.25, 0.3) is 0 Å². The second kappa shape index (κ2) is 6.68. The molecule has 1 heterocycles. The Labute approximate surface area is 122 Å². The van der Waals surface area contributed by atoms with E-state index in [9.17, 15) is 4.39 Å². The molecule has 2 rings (SSSR count). The highest BCUT2D eigenvalue weighted by atomic mass is 35.5. The third-order valence-corrected chi connectivity index (χ3v) is 3.23. The zero-order chi connectivity index (χ0) is 14.5. The average molecular weight is 295 g/mol. The maximum absolute atomic E-state index is 13.6. The maximum atomic E-state index is 13.6. The molecular weight excluding hydrogens is 279 g/mol. The Kier molecular flexibility index (Phi) is 4.93. The molecule has 2 aromatic rings. The molecule has 0 spiro atoms. The number of benzene rings is 1. The number of aromatic nitrogens is 1. The van der Waals surface area contributed by atoms with Crippen molar-refractivity contribution in [3.63, 3.8) is 0 Å². The van der Waals surface area contributed by atoms with Crippen LogP contribution in [0.2, 0.25) is 5.02 Å². The number of hydrogen-bond donors (Lipinski definition) is 1. The summed E-state index contributed by atoms with van der Waals surface area (Å²) in [5.41, 5.74) is 7.58. The minimum absolute atomic E-state index is 0.196. The van der Waals surface area contributed by atoms with Crippen molar-refractivity contribution in [1.29, 1.82) is 0 Å². The van der Waals surface area contributed by atoms with Crippen molar-refractivity contribution in [3.05, 3.63) is 58.5 Å². The summed E-state index contributed by atoms with van der Waals surface area (Å²) in [6.45, 7) is 0. The average Bonchev–Trinajstić information content (AvgIpc) is 2.43. The van der Waals surface area contributed by atoms with Crippen molar-refractivity contribution in [2.24, 2.45) is 5.73 Å². The van der Waals surface area contributed by atoms with Crippen molar-refractivity contribution >= 4 is 11.6 Å². The standard InChI is InChI=1S/C15H16ClFN2O/c1-20-15-5-2-10(9-19-15)6-13(18)8-11-7-12(16)3-4-14(11)17/h2-5,7,9,13H,6,8,18H2,1H3. The maximum Gasteiger partial charge on any atom is 0.212 e. The first kappa shape index (κ1) is 14.8. The Balaban J connectivity index is 2.00. The third-order valence-electron chi connectivity index (χ3n) is 2.99. The zero-order valence-corrected chi connectivity index (χ0v) is 11.9. The summed E-state index contributed by atoms with van der Waals surface area (Å²) in [6, 6.07) is 7.99. The lowest BCUT2D eigenvalue weighted by Gasteiger charge is -2.12. The van der Waals surface area contributed by atoms with Gasteiger partial charge in [0.05, 0.1) is 7.11 Å². The number of nitrogens with zero attached hydrogens (tertiary/aromatic N) is 1. The summed E-state index contributed by atoms with van der Waals surface area (Å²) in [4.78, 5) is 4.12. The van der Waals surface area contributed by atoms with Crippen LogP contribution in [-0.4, -0.2) is 18.1 Å². The van der Waals surface area contributed by atoms with Crippen LogP contribution in [0.3, 0.4) is 0 Å². The molecule has 106 valence electrons. The number of pyridine rings is 1. The van der Waals surface area contributed by atoms with E-state index in [1.165, 1.54) is 12.1 Å². The molecule has 0 saturated carbocycles. The Bertz CT molecular complexity index is 575. The van der Waals surface area contributed by atoms with E-state index in [2.05, 4.69) is 4.98 Å². The molecule has 0 bridgehead atoms. The summed E-state index contributed by atoms with van der Waals surface area (Å²) in [5, 5.41) is 0.514. The monoisotopic (exact) mass is 294 g/mol. The Hall–Kier alpha value is -1.65. The minimum Gasteiger partial charge on any atom is -0.481 e. The van der Waals surface area contributed by atoms with E-state index in [1.807, 2.05) is 6.07 Å². The van der Waals surface area contributed by atoms with Crippen LogP contribution in [0.1, 0.15) is 11.1 Å². The van der Waals surface area contributed by atoms with Crippen molar-refractivity contribution in [2.75, 3.05) is 7.11 Å². The van der Waals surface area contributed by atoms with Gasteiger partial charge >= 0.3 is 0 Å². The smallest absolute Gasteiger partial charge is 0.212 e. The lowest BCUT2D eigenvalue weighted by Crippen LogP contribution is -2.26. The lowest BCUT2D eigenvalue weighted by molar-refractivity contribution is 0.397. The quantitative estimate of drug-likeness (QED) is 0.922. The van der Waals surface area contributed by atoms with Gasteiger partial charge in [-0.25, -0.2) is 9.37 Å². The normalized spacial score (nSPS) is 12.2. The number of halogens is 2. The van der Waals surface area contributed by atoms with Gasteiger partial charge in [-0.2, -0.15) is 0 Å². The summed E-state index contributed by atoms with van der Waals surface area (Å²) in [7, 11) is 1.57. The molecule has 2 N–H and O–H groups in total. The summed E-state index contributed by atoms with van der Waals surface area (Å²) in [5.74, 6) is 0.279. The van der Waals surface area contributed by atoms with Gasteiger partial charge < -0.3 is 10.5 Å². The molecule has 0 aliphatic carbocycles. The predicted molar refractivity (Wildman–Crippen MR) is 77.6 cm³/mol. The lowest BCUT2D eigenvalue weighted by atomic mass is 10.0. The molecule has 1 unspecified atom stereocenters. The summed E-state index contributed by atoms with van der Waals surface area (Å²) in [6.07, 6.45) is 2.76. The molecule has 3 nitrogen and oxygen atoms in total. The van der Waals surface area contributed by atoms with Crippen LogP contribution in [0.4, 0.5) is 4.39 Å². The van der Waals surface area contributed by atoms with Crippen LogP contribution in [0, 0.1) is 5.82 Å². The van der Waals surface area contributed by atoms with Gasteiger partial charge in [0.2, 0.25) is 5.88 Å². The molecule has 20 heavy (non-hydrogen) atoms. The molecule has 0 amide bonds. The van der Waals surface area contributed by atoms with Crippen LogP contribution in [0.15, 0.2) is 36.5 Å². The van der Waals surface area contributed by atoms with Crippen LogP contribution in [0.25, 0.3) is 0 Å². The third kappa shape index (κ3) is 3.92. The first-order valence-electron chi connectivity index (χ1n) is 6.27. The first-order valence-corrected chi connectivity index (χ1v) is 6.64. The zero-order valence-electron chi connectivity index (χ0n) is 11.1. The van der Waals surface area contributed by atoms with E-state index in [0.717, 1.165) is 5.56 Å². The van der Waals surface area contributed by atoms with Crippen LogP contribution in [-0.2, 0) is 12.8 Å². The Morgan fingerprint density at radius 1 is 1.30 bits per heavy atom. The number of rotatable bonds is 5. The molecular formula is C15H16ClFN2O. The Morgan fingerprint density at radius 3 is 2.75 bits per heavy atom. The molecule has 0 saturated heterocycles. The topological polar surface area (TPSA) is 48.1 Å². The van der Waals surface area contributed by atoms with E-state index < -0.39 is 0 Å². The van der Waals surface area contributed by atoms with Crippen LogP contribution < -0.4 is 10.5 Å². The van der Waals surface area contributed by atoms with E-state index in [0.29, 0.717) is 29.3 Å². The molecule has 1 atom stereocenters. The highest BCUT2D eigenvalue weighted by Gasteiger charge is 2.10. The molecule has 0 radical (unpaired) electrons. The largest absolute Gasteiger partial charge is 0.481 e. The Morgan fingerprint density at radius 2 is 2.10 bits per heavy atom. The van der Waals surface area contributed by atoms with Gasteiger partial charge in [0.1, 0.15) is 5.82 Å². The molecule has 5 heteroatoms. The van der Waals surface area contributed by atoms with Crippen molar-refractivity contribution in [1.82, 2.24) is 4.98 Å². The second-order valence-electron chi connectivity index (χ2n) is 4.61. The fourth-order valence-electron chi connectivity index (χ4n) is 2.01. The summed E-state index contributed by atoms with van der Waals surface area (Å²) < 4.78 is 18.6. The minimum atomic E-state index is -0.280. The van der Waals surface area contributed by atoms with Crippen molar-refractivity contribution < 1.29 is 9.13 Å². The van der Waals surface area contributed by atoms with E-state index >= 15 is 0 Å². The second-order valence-corrected chi connectivity index (χ2v) is 5.05. The molecule has 0 aliphatic heterocycles. The van der Waals surface area contributed by atoms with E-state index in [-0.39, 0.29) is 11.9 Å². The number of hydrogen-bond acceptors (Lipinski definition) is 3. The number of methoxy groups -OCH3 is 1. The van der Waals surface area contributed by atoms with Gasteiger partial charge in [0.15, 0.2) is 0 Å². The van der Waals surface area contributed by atoms with Gasteiger partial charge in [-0.3, -0.25) is 0 Å². The summed E-state index contributed by atoms with van der Waals surface area (Å²) >= 11 is 5.86.